The minimum atomic E-state index is -0.178. The van der Waals surface area contributed by atoms with Crippen LogP contribution in [-0.2, 0) is 9.59 Å². The topological polar surface area (TPSA) is 58.6 Å². The molecule has 0 atom stereocenters. The normalized spacial score (nSPS) is 10.2. The molecule has 0 aromatic heterocycles. The van der Waals surface area contributed by atoms with Gasteiger partial charge in [-0.2, -0.15) is 0 Å². The van der Waals surface area contributed by atoms with E-state index in [-0.39, 0.29) is 24.8 Å². The summed E-state index contributed by atoms with van der Waals surface area (Å²) in [6, 6.07) is 15.8. The molecule has 0 aliphatic heterocycles. The number of likely N-dealkylation sites (N-methyl/N-ethyl adjacent to an activating group) is 1. The molecular formula is C19H21BrN2O3. The van der Waals surface area contributed by atoms with Crippen molar-refractivity contribution in [2.45, 2.75) is 6.42 Å². The summed E-state index contributed by atoms with van der Waals surface area (Å²) < 4.78 is 6.39. The predicted octanol–water partition coefficient (Wildman–Crippen LogP) is 3.09. The maximum absolute atomic E-state index is 12.1. The molecule has 0 radical (unpaired) electrons. The molecule has 2 amide bonds. The minimum absolute atomic E-state index is 0.0759. The molecule has 0 fully saturated rings. The number of nitrogens with one attached hydrogen (secondary N) is 1. The standard InChI is InChI=1S/C19H21BrN2O3/c1-21-18(23)10-11-22(2)19(24)13-25-17-9-8-15(12-16(17)20)14-6-4-3-5-7-14/h3-9,12H,10-11,13H2,1-2H3,(H,21,23). The first-order chi connectivity index (χ1) is 12.0. The molecule has 0 bridgehead atoms. The molecule has 0 saturated carbocycles. The number of hydrogen-bond acceptors (Lipinski definition) is 3. The van der Waals surface area contributed by atoms with Crippen LogP contribution >= 0.6 is 15.9 Å². The van der Waals surface area contributed by atoms with Crippen molar-refractivity contribution in [2.24, 2.45) is 0 Å². The summed E-state index contributed by atoms with van der Waals surface area (Å²) in [7, 11) is 3.23. The monoisotopic (exact) mass is 404 g/mol. The van der Waals surface area contributed by atoms with E-state index >= 15 is 0 Å². The fraction of sp³-hybridized carbons (Fsp3) is 0.263. The Morgan fingerprint density at radius 2 is 1.84 bits per heavy atom. The Bertz CT molecular complexity index is 735. The number of ether oxygens (including phenoxy) is 1. The lowest BCUT2D eigenvalue weighted by molar-refractivity contribution is -0.132. The number of carbonyl (C=O) groups is 2. The summed E-state index contributed by atoms with van der Waals surface area (Å²) in [4.78, 5) is 24.8. The minimum Gasteiger partial charge on any atom is -0.483 e. The average Bonchev–Trinajstić information content (AvgIpc) is 2.65. The molecule has 6 heteroatoms. The van der Waals surface area contributed by atoms with Crippen molar-refractivity contribution in [3.63, 3.8) is 0 Å². The fourth-order valence-corrected chi connectivity index (χ4v) is 2.69. The molecule has 0 unspecified atom stereocenters. The van der Waals surface area contributed by atoms with Crippen molar-refractivity contribution in [1.82, 2.24) is 10.2 Å². The van der Waals surface area contributed by atoms with Gasteiger partial charge in [0, 0.05) is 27.1 Å². The summed E-state index contributed by atoms with van der Waals surface area (Å²) in [5.74, 6) is 0.329. The van der Waals surface area contributed by atoms with Crippen LogP contribution in [0.25, 0.3) is 11.1 Å². The van der Waals surface area contributed by atoms with Gasteiger partial charge in [0.05, 0.1) is 4.47 Å². The van der Waals surface area contributed by atoms with Crippen molar-refractivity contribution in [2.75, 3.05) is 27.2 Å². The molecule has 0 aliphatic rings. The molecular weight excluding hydrogens is 384 g/mol. The lowest BCUT2D eigenvalue weighted by Crippen LogP contribution is -2.34. The van der Waals surface area contributed by atoms with E-state index in [2.05, 4.69) is 21.2 Å². The van der Waals surface area contributed by atoms with Gasteiger partial charge in [-0.25, -0.2) is 0 Å². The molecule has 1 N–H and O–H groups in total. The third-order valence-corrected chi connectivity index (χ3v) is 4.39. The molecule has 0 spiro atoms. The van der Waals surface area contributed by atoms with E-state index in [1.807, 2.05) is 48.5 Å². The van der Waals surface area contributed by atoms with Gasteiger partial charge in [0.25, 0.3) is 5.91 Å². The van der Waals surface area contributed by atoms with Crippen LogP contribution in [0.5, 0.6) is 5.75 Å². The summed E-state index contributed by atoms with van der Waals surface area (Å²) in [5, 5.41) is 2.53. The molecule has 0 saturated heterocycles. The van der Waals surface area contributed by atoms with Crippen molar-refractivity contribution >= 4 is 27.7 Å². The van der Waals surface area contributed by atoms with E-state index in [4.69, 9.17) is 4.74 Å². The van der Waals surface area contributed by atoms with Gasteiger partial charge >= 0.3 is 0 Å². The van der Waals surface area contributed by atoms with Crippen molar-refractivity contribution in [1.29, 1.82) is 0 Å². The molecule has 2 aromatic rings. The molecule has 5 nitrogen and oxygen atoms in total. The molecule has 132 valence electrons. The zero-order chi connectivity index (χ0) is 18.2. The number of nitrogens with zero attached hydrogens (tertiary/aromatic N) is 1. The van der Waals surface area contributed by atoms with Gasteiger partial charge in [-0.05, 0) is 39.2 Å². The summed E-state index contributed by atoms with van der Waals surface area (Å²) in [6.45, 7) is 0.281. The highest BCUT2D eigenvalue weighted by Gasteiger charge is 2.12. The van der Waals surface area contributed by atoms with Gasteiger partial charge in [-0.15, -0.1) is 0 Å². The van der Waals surface area contributed by atoms with E-state index in [0.29, 0.717) is 12.3 Å². The van der Waals surface area contributed by atoms with Crippen LogP contribution in [0.2, 0.25) is 0 Å². The van der Waals surface area contributed by atoms with Gasteiger partial charge in [0.1, 0.15) is 5.75 Å². The Hall–Kier alpha value is -2.34. The molecule has 2 rings (SSSR count). The number of amides is 2. The summed E-state index contributed by atoms with van der Waals surface area (Å²) >= 11 is 3.49. The number of hydrogen-bond donors (Lipinski definition) is 1. The van der Waals surface area contributed by atoms with Gasteiger partial charge in [-0.1, -0.05) is 36.4 Å². The Balaban J connectivity index is 1.92. The highest BCUT2D eigenvalue weighted by atomic mass is 79.9. The maximum atomic E-state index is 12.1. The smallest absolute Gasteiger partial charge is 0.260 e. The average molecular weight is 405 g/mol. The van der Waals surface area contributed by atoms with E-state index in [9.17, 15) is 9.59 Å². The van der Waals surface area contributed by atoms with Crippen LogP contribution in [0.4, 0.5) is 0 Å². The zero-order valence-corrected chi connectivity index (χ0v) is 15.9. The van der Waals surface area contributed by atoms with E-state index in [1.54, 1.807) is 14.1 Å². The van der Waals surface area contributed by atoms with Gasteiger partial charge in [0.15, 0.2) is 6.61 Å². The summed E-state index contributed by atoms with van der Waals surface area (Å²) in [6.07, 6.45) is 0.272. The number of benzene rings is 2. The largest absolute Gasteiger partial charge is 0.483 e. The number of carbonyl (C=O) groups excluding carboxylic acids is 2. The van der Waals surface area contributed by atoms with Crippen LogP contribution in [0.1, 0.15) is 6.42 Å². The van der Waals surface area contributed by atoms with Crippen molar-refractivity contribution in [3.8, 4) is 16.9 Å². The molecule has 25 heavy (non-hydrogen) atoms. The third-order valence-electron chi connectivity index (χ3n) is 3.77. The highest BCUT2D eigenvalue weighted by molar-refractivity contribution is 9.10. The van der Waals surface area contributed by atoms with Crippen LogP contribution < -0.4 is 10.1 Å². The quantitative estimate of drug-likeness (QED) is 0.770. The van der Waals surface area contributed by atoms with Crippen molar-refractivity contribution in [3.05, 3.63) is 53.0 Å². The second kappa shape index (κ2) is 9.22. The number of halogens is 1. The van der Waals surface area contributed by atoms with Gasteiger partial charge in [0.2, 0.25) is 5.91 Å². The lowest BCUT2D eigenvalue weighted by atomic mass is 10.1. The second-order valence-corrected chi connectivity index (χ2v) is 6.39. The maximum Gasteiger partial charge on any atom is 0.260 e. The Kier molecular flexibility index (Phi) is 7.01. The molecule has 0 aliphatic carbocycles. The molecule has 0 heterocycles. The fourth-order valence-electron chi connectivity index (χ4n) is 2.20. The molecule has 2 aromatic carbocycles. The Morgan fingerprint density at radius 3 is 2.48 bits per heavy atom. The van der Waals surface area contributed by atoms with E-state index in [0.717, 1.165) is 15.6 Å². The second-order valence-electron chi connectivity index (χ2n) is 5.54. The summed E-state index contributed by atoms with van der Waals surface area (Å²) in [5.41, 5.74) is 2.17. The predicted molar refractivity (Wildman–Crippen MR) is 101 cm³/mol. The third kappa shape index (κ3) is 5.60. The zero-order valence-electron chi connectivity index (χ0n) is 14.3. The van der Waals surface area contributed by atoms with Gasteiger partial charge < -0.3 is 15.0 Å². The SMILES string of the molecule is CNC(=O)CCN(C)C(=O)COc1ccc(-c2ccccc2)cc1Br. The van der Waals surface area contributed by atoms with Gasteiger partial charge in [-0.3, -0.25) is 9.59 Å². The van der Waals surface area contributed by atoms with Crippen molar-refractivity contribution < 1.29 is 14.3 Å². The lowest BCUT2D eigenvalue weighted by Gasteiger charge is -2.17. The Morgan fingerprint density at radius 1 is 1.12 bits per heavy atom. The first kappa shape index (κ1) is 19.0. The first-order valence-electron chi connectivity index (χ1n) is 7.93. The first-order valence-corrected chi connectivity index (χ1v) is 8.73. The van der Waals surface area contributed by atoms with Crippen LogP contribution in [0.3, 0.4) is 0 Å². The number of rotatable bonds is 7. The van der Waals surface area contributed by atoms with E-state index in [1.165, 1.54) is 4.90 Å². The van der Waals surface area contributed by atoms with Crippen LogP contribution in [0, 0.1) is 0 Å². The van der Waals surface area contributed by atoms with Crippen LogP contribution in [-0.4, -0.2) is 44.0 Å². The van der Waals surface area contributed by atoms with E-state index < -0.39 is 0 Å². The Labute approximate surface area is 156 Å². The highest BCUT2D eigenvalue weighted by Crippen LogP contribution is 2.30. The van der Waals surface area contributed by atoms with Crippen LogP contribution in [0.15, 0.2) is 53.0 Å².